The van der Waals surface area contributed by atoms with Gasteiger partial charge in [0.15, 0.2) is 0 Å². The highest BCUT2D eigenvalue weighted by atomic mass is 15.2. The Morgan fingerprint density at radius 2 is 2.27 bits per heavy atom. The van der Waals surface area contributed by atoms with Crippen LogP contribution in [0, 0.1) is 6.92 Å². The first-order valence-corrected chi connectivity index (χ1v) is 5.78. The second-order valence-electron chi connectivity index (χ2n) is 4.50. The quantitative estimate of drug-likeness (QED) is 0.801. The maximum atomic E-state index is 5.67. The zero-order valence-corrected chi connectivity index (χ0v) is 9.66. The monoisotopic (exact) mass is 204 g/mol. The number of rotatable bonds is 2. The largest absolute Gasteiger partial charge is 0.369 e. The van der Waals surface area contributed by atoms with Gasteiger partial charge in [-0.3, -0.25) is 0 Å². The fraction of sp³-hybridized carbons (Fsp3) is 0.538. The van der Waals surface area contributed by atoms with E-state index in [9.17, 15) is 0 Å². The Hall–Kier alpha value is -1.02. The topological polar surface area (TPSA) is 29.3 Å². The van der Waals surface area contributed by atoms with E-state index in [4.69, 9.17) is 5.73 Å². The highest BCUT2D eigenvalue weighted by molar-refractivity contribution is 5.52. The predicted molar refractivity (Wildman–Crippen MR) is 65.1 cm³/mol. The van der Waals surface area contributed by atoms with Crippen LogP contribution in [0.2, 0.25) is 0 Å². The summed E-state index contributed by atoms with van der Waals surface area (Å²) in [6.07, 6.45) is 2.64. The Labute approximate surface area is 92.1 Å². The molecule has 15 heavy (non-hydrogen) atoms. The Morgan fingerprint density at radius 1 is 1.47 bits per heavy atom. The second kappa shape index (κ2) is 4.23. The minimum Gasteiger partial charge on any atom is -0.369 e. The van der Waals surface area contributed by atoms with Crippen LogP contribution in [0.3, 0.4) is 0 Å². The number of hydrogen-bond acceptors (Lipinski definition) is 2. The van der Waals surface area contributed by atoms with Gasteiger partial charge in [0.2, 0.25) is 0 Å². The maximum absolute atomic E-state index is 5.67. The van der Waals surface area contributed by atoms with Crippen molar-refractivity contribution in [1.29, 1.82) is 0 Å². The zero-order chi connectivity index (χ0) is 10.8. The average Bonchev–Trinajstić information content (AvgIpc) is 2.64. The minimum absolute atomic E-state index is 0.641. The Bertz CT molecular complexity index is 346. The highest BCUT2D eigenvalue weighted by Crippen LogP contribution is 2.26. The Kier molecular flexibility index (Phi) is 2.96. The van der Waals surface area contributed by atoms with E-state index in [1.54, 1.807) is 0 Å². The molecule has 1 aromatic carbocycles. The first kappa shape index (κ1) is 10.5. The van der Waals surface area contributed by atoms with Crippen molar-refractivity contribution < 1.29 is 0 Å². The standard InChI is InChI=1S/C13H20N2/c1-10-8-13(6-5-12(10)9-14)15-7-3-4-11(15)2/h5-6,8,11H,3-4,7,9,14H2,1-2H3. The number of hydrogen-bond donors (Lipinski definition) is 1. The molecule has 2 nitrogen and oxygen atoms in total. The van der Waals surface area contributed by atoms with Crippen molar-refractivity contribution in [3.8, 4) is 0 Å². The number of nitrogens with two attached hydrogens (primary N) is 1. The summed E-state index contributed by atoms with van der Waals surface area (Å²) in [4.78, 5) is 2.49. The van der Waals surface area contributed by atoms with Gasteiger partial charge in [-0.05, 0) is 49.9 Å². The van der Waals surface area contributed by atoms with Crippen LogP contribution in [-0.2, 0) is 6.54 Å². The first-order valence-electron chi connectivity index (χ1n) is 5.78. The average molecular weight is 204 g/mol. The molecule has 0 bridgehead atoms. The molecule has 0 saturated carbocycles. The Morgan fingerprint density at radius 3 is 2.80 bits per heavy atom. The van der Waals surface area contributed by atoms with Crippen LogP contribution in [0.4, 0.5) is 5.69 Å². The van der Waals surface area contributed by atoms with Gasteiger partial charge < -0.3 is 10.6 Å². The van der Waals surface area contributed by atoms with Gasteiger partial charge >= 0.3 is 0 Å². The zero-order valence-electron chi connectivity index (χ0n) is 9.66. The summed E-state index contributed by atoms with van der Waals surface area (Å²) < 4.78 is 0. The number of nitrogens with zero attached hydrogens (tertiary/aromatic N) is 1. The van der Waals surface area contributed by atoms with Crippen LogP contribution in [0.1, 0.15) is 30.9 Å². The van der Waals surface area contributed by atoms with E-state index >= 15 is 0 Å². The lowest BCUT2D eigenvalue weighted by Gasteiger charge is -2.24. The van der Waals surface area contributed by atoms with Gasteiger partial charge in [0, 0.05) is 24.8 Å². The molecule has 1 heterocycles. The van der Waals surface area contributed by atoms with Crippen molar-refractivity contribution in [2.24, 2.45) is 5.73 Å². The molecule has 1 fully saturated rings. The van der Waals surface area contributed by atoms with Crippen molar-refractivity contribution in [2.45, 2.75) is 39.3 Å². The SMILES string of the molecule is Cc1cc(N2CCCC2C)ccc1CN. The normalized spacial score (nSPS) is 21.0. The molecule has 0 spiro atoms. The van der Waals surface area contributed by atoms with Crippen LogP contribution in [-0.4, -0.2) is 12.6 Å². The molecule has 0 aliphatic carbocycles. The van der Waals surface area contributed by atoms with E-state index < -0.39 is 0 Å². The van der Waals surface area contributed by atoms with Crippen LogP contribution in [0.25, 0.3) is 0 Å². The van der Waals surface area contributed by atoms with Gasteiger partial charge in [0.05, 0.1) is 0 Å². The number of aryl methyl sites for hydroxylation is 1. The first-order chi connectivity index (χ1) is 7.22. The van der Waals surface area contributed by atoms with Gasteiger partial charge in [-0.1, -0.05) is 6.07 Å². The number of benzene rings is 1. The lowest BCUT2D eigenvalue weighted by Crippen LogP contribution is -2.26. The summed E-state index contributed by atoms with van der Waals surface area (Å²) in [7, 11) is 0. The smallest absolute Gasteiger partial charge is 0.0371 e. The van der Waals surface area contributed by atoms with E-state index in [1.807, 2.05) is 0 Å². The molecule has 0 radical (unpaired) electrons. The van der Waals surface area contributed by atoms with Crippen LogP contribution in [0.5, 0.6) is 0 Å². The third-order valence-electron chi connectivity index (χ3n) is 3.43. The fourth-order valence-corrected chi connectivity index (χ4v) is 2.40. The molecule has 0 amide bonds. The summed E-state index contributed by atoms with van der Waals surface area (Å²) in [5.41, 5.74) is 9.59. The highest BCUT2D eigenvalue weighted by Gasteiger charge is 2.20. The lowest BCUT2D eigenvalue weighted by molar-refractivity contribution is 0.734. The van der Waals surface area contributed by atoms with Crippen molar-refractivity contribution in [3.05, 3.63) is 29.3 Å². The van der Waals surface area contributed by atoms with E-state index in [0.29, 0.717) is 12.6 Å². The second-order valence-corrected chi connectivity index (χ2v) is 4.50. The molecule has 1 aliphatic heterocycles. The van der Waals surface area contributed by atoms with Crippen LogP contribution in [0.15, 0.2) is 18.2 Å². The summed E-state index contributed by atoms with van der Waals surface area (Å²) in [5.74, 6) is 0. The molecule has 1 aromatic rings. The van der Waals surface area contributed by atoms with E-state index in [1.165, 1.54) is 36.2 Å². The molecule has 2 heteroatoms. The Balaban J connectivity index is 2.25. The molecular formula is C13H20N2. The van der Waals surface area contributed by atoms with Gasteiger partial charge in [-0.15, -0.1) is 0 Å². The lowest BCUT2D eigenvalue weighted by atomic mass is 10.1. The molecule has 82 valence electrons. The molecule has 1 unspecified atom stereocenters. The summed E-state index contributed by atoms with van der Waals surface area (Å²) in [5, 5.41) is 0. The van der Waals surface area contributed by atoms with Crippen molar-refractivity contribution in [1.82, 2.24) is 0 Å². The molecule has 1 atom stereocenters. The summed E-state index contributed by atoms with van der Waals surface area (Å²) in [6.45, 7) is 6.29. The summed E-state index contributed by atoms with van der Waals surface area (Å²) >= 11 is 0. The predicted octanol–water partition coefficient (Wildman–Crippen LogP) is 2.44. The van der Waals surface area contributed by atoms with Gasteiger partial charge in [0.1, 0.15) is 0 Å². The van der Waals surface area contributed by atoms with Crippen molar-refractivity contribution >= 4 is 5.69 Å². The van der Waals surface area contributed by atoms with E-state index in [-0.39, 0.29) is 0 Å². The number of anilines is 1. The van der Waals surface area contributed by atoms with E-state index in [0.717, 1.165) is 0 Å². The fourth-order valence-electron chi connectivity index (χ4n) is 2.40. The van der Waals surface area contributed by atoms with Crippen LogP contribution < -0.4 is 10.6 Å². The van der Waals surface area contributed by atoms with Gasteiger partial charge in [0.25, 0.3) is 0 Å². The third-order valence-corrected chi connectivity index (χ3v) is 3.43. The molecule has 1 aliphatic rings. The van der Waals surface area contributed by atoms with Gasteiger partial charge in [-0.25, -0.2) is 0 Å². The maximum Gasteiger partial charge on any atom is 0.0371 e. The summed E-state index contributed by atoms with van der Waals surface area (Å²) in [6, 6.07) is 7.32. The molecule has 2 rings (SSSR count). The van der Waals surface area contributed by atoms with Crippen molar-refractivity contribution in [3.63, 3.8) is 0 Å². The van der Waals surface area contributed by atoms with Gasteiger partial charge in [-0.2, -0.15) is 0 Å². The third kappa shape index (κ3) is 2.00. The van der Waals surface area contributed by atoms with E-state index in [2.05, 4.69) is 36.9 Å². The molecule has 1 saturated heterocycles. The molecule has 0 aromatic heterocycles. The van der Waals surface area contributed by atoms with Crippen LogP contribution >= 0.6 is 0 Å². The minimum atomic E-state index is 0.641. The van der Waals surface area contributed by atoms with Crippen molar-refractivity contribution in [2.75, 3.05) is 11.4 Å². The molecular weight excluding hydrogens is 184 g/mol. The molecule has 2 N–H and O–H groups in total.